The molecule has 2 nitrogen and oxygen atoms in total. The highest BCUT2D eigenvalue weighted by atomic mass is 32.2. The first-order valence-corrected chi connectivity index (χ1v) is 6.47. The first kappa shape index (κ1) is 12.4. The second-order valence-corrected chi connectivity index (χ2v) is 4.93. The van der Waals surface area contributed by atoms with Crippen LogP contribution in [0, 0.1) is 0 Å². The predicted octanol–water partition coefficient (Wildman–Crippen LogP) is 2.62. The van der Waals surface area contributed by atoms with Crippen molar-refractivity contribution in [2.45, 2.75) is 26.4 Å². The minimum absolute atomic E-state index is 0.338. The van der Waals surface area contributed by atoms with E-state index in [4.69, 9.17) is 0 Å². The van der Waals surface area contributed by atoms with Crippen LogP contribution in [0.1, 0.15) is 19.4 Å². The van der Waals surface area contributed by atoms with Crippen LogP contribution >= 0.6 is 11.8 Å². The first-order chi connectivity index (χ1) is 7.22. The van der Waals surface area contributed by atoms with E-state index in [1.54, 1.807) is 12.1 Å². The smallest absolute Gasteiger partial charge is 0.115 e. The molecule has 0 aliphatic heterocycles. The summed E-state index contributed by atoms with van der Waals surface area (Å²) in [4.78, 5) is 0. The van der Waals surface area contributed by atoms with Crippen LogP contribution in [0.3, 0.4) is 0 Å². The number of phenolic OH excluding ortho intramolecular Hbond substituents is 1. The molecule has 0 saturated carbocycles. The lowest BCUT2D eigenvalue weighted by molar-refractivity contribution is 0.473. The minimum atomic E-state index is 0.338. The Balaban J connectivity index is 2.30. The van der Waals surface area contributed by atoms with Crippen molar-refractivity contribution in [3.8, 4) is 5.75 Å². The Morgan fingerprint density at radius 2 is 2.27 bits per heavy atom. The second kappa shape index (κ2) is 6.75. The van der Waals surface area contributed by atoms with Crippen LogP contribution in [0.2, 0.25) is 0 Å². The Bertz CT molecular complexity index is 291. The van der Waals surface area contributed by atoms with Crippen molar-refractivity contribution in [1.29, 1.82) is 0 Å². The zero-order valence-corrected chi connectivity index (χ0v) is 10.2. The Hall–Kier alpha value is -0.670. The fraction of sp³-hybridized carbons (Fsp3) is 0.500. The second-order valence-electron chi connectivity index (χ2n) is 3.61. The average molecular weight is 225 g/mol. The van der Waals surface area contributed by atoms with E-state index in [2.05, 4.69) is 19.2 Å². The van der Waals surface area contributed by atoms with Crippen LogP contribution in [0.5, 0.6) is 5.75 Å². The number of phenols is 1. The zero-order chi connectivity index (χ0) is 11.1. The number of nitrogens with one attached hydrogen (secondary N) is 1. The normalized spacial score (nSPS) is 12.7. The maximum atomic E-state index is 9.29. The number of hydrogen-bond acceptors (Lipinski definition) is 3. The number of hydrogen-bond donors (Lipinski definition) is 2. The van der Waals surface area contributed by atoms with Crippen molar-refractivity contribution in [3.63, 3.8) is 0 Å². The third kappa shape index (κ3) is 5.09. The van der Waals surface area contributed by atoms with Gasteiger partial charge in [-0.3, -0.25) is 0 Å². The fourth-order valence-electron chi connectivity index (χ4n) is 1.31. The number of rotatable bonds is 6. The van der Waals surface area contributed by atoms with Gasteiger partial charge in [0.05, 0.1) is 0 Å². The molecule has 0 spiro atoms. The lowest BCUT2D eigenvalue weighted by atomic mass is 10.2. The van der Waals surface area contributed by atoms with Crippen LogP contribution in [0.4, 0.5) is 0 Å². The van der Waals surface area contributed by atoms with Crippen molar-refractivity contribution >= 4 is 11.8 Å². The van der Waals surface area contributed by atoms with Gasteiger partial charge in [0.25, 0.3) is 0 Å². The van der Waals surface area contributed by atoms with E-state index in [1.807, 2.05) is 23.9 Å². The molecular formula is C12H19NOS. The molecule has 1 aromatic carbocycles. The van der Waals surface area contributed by atoms with Gasteiger partial charge in [-0.2, -0.15) is 11.8 Å². The predicted molar refractivity (Wildman–Crippen MR) is 67.4 cm³/mol. The quantitative estimate of drug-likeness (QED) is 0.780. The summed E-state index contributed by atoms with van der Waals surface area (Å²) in [6, 6.07) is 7.90. The van der Waals surface area contributed by atoms with E-state index in [-0.39, 0.29) is 0 Å². The maximum Gasteiger partial charge on any atom is 0.115 e. The van der Waals surface area contributed by atoms with Gasteiger partial charge in [0, 0.05) is 18.3 Å². The molecule has 0 bridgehead atoms. The van der Waals surface area contributed by atoms with Crippen molar-refractivity contribution in [2.24, 2.45) is 0 Å². The summed E-state index contributed by atoms with van der Waals surface area (Å²) in [5.41, 5.74) is 1.13. The molecule has 0 heterocycles. The van der Waals surface area contributed by atoms with Crippen molar-refractivity contribution in [3.05, 3.63) is 29.8 Å². The SMILES string of the molecule is CCSCC(C)NCc1cccc(O)c1. The summed E-state index contributed by atoms with van der Waals surface area (Å²) in [6.45, 7) is 5.18. The molecule has 1 rings (SSSR count). The van der Waals surface area contributed by atoms with Crippen molar-refractivity contribution in [2.75, 3.05) is 11.5 Å². The van der Waals surface area contributed by atoms with Crippen LogP contribution in [-0.2, 0) is 6.54 Å². The number of benzene rings is 1. The molecule has 0 fully saturated rings. The summed E-state index contributed by atoms with van der Waals surface area (Å²) in [6.07, 6.45) is 0. The molecule has 0 aromatic heterocycles. The summed E-state index contributed by atoms with van der Waals surface area (Å²) in [5, 5.41) is 12.7. The molecule has 0 saturated heterocycles. The lowest BCUT2D eigenvalue weighted by Gasteiger charge is -2.12. The minimum Gasteiger partial charge on any atom is -0.508 e. The van der Waals surface area contributed by atoms with Gasteiger partial charge in [-0.05, 0) is 30.4 Å². The Morgan fingerprint density at radius 3 is 2.93 bits per heavy atom. The van der Waals surface area contributed by atoms with Crippen molar-refractivity contribution < 1.29 is 5.11 Å². The molecule has 0 aliphatic rings. The van der Waals surface area contributed by atoms with E-state index in [0.717, 1.165) is 23.6 Å². The zero-order valence-electron chi connectivity index (χ0n) is 9.36. The number of thioether (sulfide) groups is 1. The van der Waals surface area contributed by atoms with Gasteiger partial charge in [0.1, 0.15) is 5.75 Å². The topological polar surface area (TPSA) is 32.3 Å². The number of aromatic hydroxyl groups is 1. The van der Waals surface area contributed by atoms with Crippen LogP contribution in [-0.4, -0.2) is 22.7 Å². The van der Waals surface area contributed by atoms with Gasteiger partial charge in [-0.25, -0.2) is 0 Å². The molecule has 0 radical (unpaired) electrons. The van der Waals surface area contributed by atoms with Gasteiger partial charge in [-0.1, -0.05) is 19.1 Å². The molecule has 1 unspecified atom stereocenters. The summed E-state index contributed by atoms with van der Waals surface area (Å²) in [5.74, 6) is 2.64. The first-order valence-electron chi connectivity index (χ1n) is 5.31. The Kier molecular flexibility index (Phi) is 5.58. The molecular weight excluding hydrogens is 206 g/mol. The molecule has 1 atom stereocenters. The van der Waals surface area contributed by atoms with Gasteiger partial charge in [0.15, 0.2) is 0 Å². The van der Waals surface area contributed by atoms with E-state index in [1.165, 1.54) is 0 Å². The monoisotopic (exact) mass is 225 g/mol. The Morgan fingerprint density at radius 1 is 1.47 bits per heavy atom. The summed E-state index contributed by atoms with van der Waals surface area (Å²) < 4.78 is 0. The average Bonchev–Trinajstić information content (AvgIpc) is 2.23. The molecule has 15 heavy (non-hydrogen) atoms. The molecule has 3 heteroatoms. The lowest BCUT2D eigenvalue weighted by Crippen LogP contribution is -2.27. The van der Waals surface area contributed by atoms with Crippen molar-refractivity contribution in [1.82, 2.24) is 5.32 Å². The highest BCUT2D eigenvalue weighted by Crippen LogP contribution is 2.11. The van der Waals surface area contributed by atoms with Gasteiger partial charge in [-0.15, -0.1) is 0 Å². The van der Waals surface area contributed by atoms with Gasteiger partial charge < -0.3 is 10.4 Å². The van der Waals surface area contributed by atoms with E-state index in [9.17, 15) is 5.11 Å². The molecule has 2 N–H and O–H groups in total. The van der Waals surface area contributed by atoms with E-state index in [0.29, 0.717) is 11.8 Å². The molecule has 84 valence electrons. The third-order valence-electron chi connectivity index (χ3n) is 2.14. The maximum absolute atomic E-state index is 9.29. The van der Waals surface area contributed by atoms with Gasteiger partial charge in [0.2, 0.25) is 0 Å². The summed E-state index contributed by atoms with van der Waals surface area (Å²) in [7, 11) is 0. The van der Waals surface area contributed by atoms with E-state index < -0.39 is 0 Å². The third-order valence-corrected chi connectivity index (χ3v) is 3.28. The standard InChI is InChI=1S/C12H19NOS/c1-3-15-9-10(2)13-8-11-5-4-6-12(14)7-11/h4-7,10,13-14H,3,8-9H2,1-2H3. The highest BCUT2D eigenvalue weighted by Gasteiger charge is 2.01. The molecule has 0 aliphatic carbocycles. The Labute approximate surface area is 96.1 Å². The van der Waals surface area contributed by atoms with Gasteiger partial charge >= 0.3 is 0 Å². The van der Waals surface area contributed by atoms with Crippen LogP contribution < -0.4 is 5.32 Å². The molecule has 0 amide bonds. The van der Waals surface area contributed by atoms with E-state index >= 15 is 0 Å². The van der Waals surface area contributed by atoms with Crippen LogP contribution in [0.25, 0.3) is 0 Å². The largest absolute Gasteiger partial charge is 0.508 e. The summed E-state index contributed by atoms with van der Waals surface area (Å²) >= 11 is 1.94. The highest BCUT2D eigenvalue weighted by molar-refractivity contribution is 7.99. The molecule has 1 aromatic rings. The van der Waals surface area contributed by atoms with Crippen LogP contribution in [0.15, 0.2) is 24.3 Å². The fourth-order valence-corrected chi connectivity index (χ4v) is 2.02.